The minimum Gasteiger partial charge on any atom is -0.449 e. The van der Waals surface area contributed by atoms with Crippen LogP contribution in [-0.4, -0.2) is 34.7 Å². The number of carbonyl (C=O) groups is 2. The summed E-state index contributed by atoms with van der Waals surface area (Å²) in [5, 5.41) is 16.5. The lowest BCUT2D eigenvalue weighted by Gasteiger charge is -2.17. The molecular formula is C19H14N4O3. The van der Waals surface area contributed by atoms with Crippen molar-refractivity contribution in [2.75, 3.05) is 11.4 Å². The predicted molar refractivity (Wildman–Crippen MR) is 93.4 cm³/mol. The van der Waals surface area contributed by atoms with Crippen LogP contribution in [0.4, 0.5) is 5.69 Å². The zero-order valence-corrected chi connectivity index (χ0v) is 13.7. The predicted octanol–water partition coefficient (Wildman–Crippen LogP) is 2.40. The number of aromatic nitrogens is 2. The first kappa shape index (κ1) is 15.8. The molecule has 7 heteroatoms. The number of ether oxygens (including phenoxy) is 1. The second-order valence-corrected chi connectivity index (χ2v) is 6.00. The number of amides is 1. The van der Waals surface area contributed by atoms with E-state index < -0.39 is 12.1 Å². The number of carbonyl (C=O) groups excluding carboxylic acids is 2. The Bertz CT molecular complexity index is 1030. The van der Waals surface area contributed by atoms with Gasteiger partial charge in [-0.05, 0) is 36.4 Å². The molecule has 4 rings (SSSR count). The highest BCUT2D eigenvalue weighted by molar-refractivity contribution is 6.01. The van der Waals surface area contributed by atoms with Crippen molar-refractivity contribution >= 4 is 28.5 Å². The average molecular weight is 346 g/mol. The first-order valence-corrected chi connectivity index (χ1v) is 8.11. The van der Waals surface area contributed by atoms with Gasteiger partial charge in [0, 0.05) is 24.0 Å². The quantitative estimate of drug-likeness (QED) is 0.734. The number of esters is 1. The van der Waals surface area contributed by atoms with Crippen molar-refractivity contribution in [2.45, 2.75) is 12.5 Å². The molecule has 2 heterocycles. The smallest absolute Gasteiger partial charge is 0.338 e. The lowest BCUT2D eigenvalue weighted by molar-refractivity contribution is -0.124. The van der Waals surface area contributed by atoms with Crippen molar-refractivity contribution in [3.05, 3.63) is 59.8 Å². The summed E-state index contributed by atoms with van der Waals surface area (Å²) < 4.78 is 5.41. The molecule has 0 aliphatic carbocycles. The molecule has 1 aliphatic heterocycles. The number of aromatic amines is 1. The molecule has 1 aromatic heterocycles. The third kappa shape index (κ3) is 2.78. The first-order chi connectivity index (χ1) is 12.7. The van der Waals surface area contributed by atoms with Gasteiger partial charge in [0.1, 0.15) is 0 Å². The summed E-state index contributed by atoms with van der Waals surface area (Å²) in [6.07, 6.45) is 1.28. The van der Waals surface area contributed by atoms with Gasteiger partial charge in [-0.15, -0.1) is 0 Å². The summed E-state index contributed by atoms with van der Waals surface area (Å²) in [5.41, 5.74) is 2.31. The number of benzene rings is 2. The molecule has 2 aromatic carbocycles. The van der Waals surface area contributed by atoms with Crippen LogP contribution in [-0.2, 0) is 9.53 Å². The summed E-state index contributed by atoms with van der Waals surface area (Å²) in [6, 6.07) is 13.9. The Morgan fingerprint density at radius 2 is 2.08 bits per heavy atom. The lowest BCUT2D eigenvalue weighted by atomic mass is 10.1. The summed E-state index contributed by atoms with van der Waals surface area (Å²) >= 11 is 0. The van der Waals surface area contributed by atoms with E-state index in [1.54, 1.807) is 53.6 Å². The van der Waals surface area contributed by atoms with Gasteiger partial charge < -0.3 is 9.64 Å². The third-order valence-electron chi connectivity index (χ3n) is 4.39. The summed E-state index contributed by atoms with van der Waals surface area (Å²) in [6.45, 7) is 0.461. The number of nitrogens with zero attached hydrogens (tertiary/aromatic N) is 3. The first-order valence-electron chi connectivity index (χ1n) is 8.11. The van der Waals surface area contributed by atoms with Crippen LogP contribution in [0.15, 0.2) is 48.7 Å². The zero-order valence-electron chi connectivity index (χ0n) is 13.7. The van der Waals surface area contributed by atoms with Crippen molar-refractivity contribution in [1.29, 1.82) is 5.26 Å². The van der Waals surface area contributed by atoms with E-state index in [1.807, 2.05) is 6.07 Å². The number of H-pyrrole nitrogens is 1. The lowest BCUT2D eigenvalue weighted by Crippen LogP contribution is -2.32. The van der Waals surface area contributed by atoms with Crippen molar-refractivity contribution in [3.8, 4) is 6.07 Å². The molecule has 3 aromatic rings. The summed E-state index contributed by atoms with van der Waals surface area (Å²) in [4.78, 5) is 26.5. The van der Waals surface area contributed by atoms with Gasteiger partial charge in [0.25, 0.3) is 5.91 Å². The standard InChI is InChI=1S/C19H14N4O3/c20-10-12-1-5-15(6-2-12)23-8-7-17(18(23)24)26-19(25)13-3-4-14-11-21-22-16(14)9-13/h1-6,9,11,17H,7-8H2,(H,21,22)/t17-/m0/s1. The third-order valence-corrected chi connectivity index (χ3v) is 4.39. The Morgan fingerprint density at radius 1 is 1.27 bits per heavy atom. The van der Waals surface area contributed by atoms with Crippen LogP contribution in [0.5, 0.6) is 0 Å². The van der Waals surface area contributed by atoms with Crippen LogP contribution in [0.25, 0.3) is 10.9 Å². The van der Waals surface area contributed by atoms with Gasteiger partial charge >= 0.3 is 5.97 Å². The molecule has 0 radical (unpaired) electrons. The Kier molecular flexibility index (Phi) is 3.86. The van der Waals surface area contributed by atoms with E-state index in [-0.39, 0.29) is 5.91 Å². The maximum atomic E-state index is 12.6. The van der Waals surface area contributed by atoms with Crippen molar-refractivity contribution in [2.24, 2.45) is 0 Å². The average Bonchev–Trinajstić information content (AvgIpc) is 3.28. The minimum absolute atomic E-state index is 0.259. The number of hydrogen-bond acceptors (Lipinski definition) is 5. The normalized spacial score (nSPS) is 16.7. The van der Waals surface area contributed by atoms with Crippen molar-refractivity contribution < 1.29 is 14.3 Å². The summed E-state index contributed by atoms with van der Waals surface area (Å²) in [7, 11) is 0. The fourth-order valence-electron chi connectivity index (χ4n) is 3.00. The Hall–Kier alpha value is -3.66. The van der Waals surface area contributed by atoms with Gasteiger partial charge in [0.15, 0.2) is 6.10 Å². The summed E-state index contributed by atoms with van der Waals surface area (Å²) in [5.74, 6) is -0.799. The molecule has 0 bridgehead atoms. The Balaban J connectivity index is 1.47. The molecule has 128 valence electrons. The van der Waals surface area contributed by atoms with Crippen LogP contribution >= 0.6 is 0 Å². The highest BCUT2D eigenvalue weighted by Crippen LogP contribution is 2.24. The molecule has 1 saturated heterocycles. The molecule has 0 spiro atoms. The number of hydrogen-bond donors (Lipinski definition) is 1. The highest BCUT2D eigenvalue weighted by Gasteiger charge is 2.35. The fraction of sp³-hybridized carbons (Fsp3) is 0.158. The Labute approximate surface area is 148 Å². The van der Waals surface area contributed by atoms with Crippen molar-refractivity contribution in [1.82, 2.24) is 10.2 Å². The second-order valence-electron chi connectivity index (χ2n) is 6.00. The SMILES string of the molecule is N#Cc1ccc(N2CC[C@H](OC(=O)c3ccc4cn[nH]c4c3)C2=O)cc1. The van der Waals surface area contributed by atoms with E-state index >= 15 is 0 Å². The molecule has 1 N–H and O–H groups in total. The largest absolute Gasteiger partial charge is 0.449 e. The van der Waals surface area contributed by atoms with Gasteiger partial charge in [-0.3, -0.25) is 9.89 Å². The Morgan fingerprint density at radius 3 is 2.85 bits per heavy atom. The molecule has 1 atom stereocenters. The van der Waals surface area contributed by atoms with Crippen LogP contribution in [0.3, 0.4) is 0 Å². The molecule has 1 amide bonds. The van der Waals surface area contributed by atoms with E-state index in [1.165, 1.54) is 0 Å². The van der Waals surface area contributed by atoms with Crippen LogP contribution in [0.2, 0.25) is 0 Å². The van der Waals surface area contributed by atoms with E-state index in [2.05, 4.69) is 10.2 Å². The number of anilines is 1. The van der Waals surface area contributed by atoms with Crippen molar-refractivity contribution in [3.63, 3.8) is 0 Å². The van der Waals surface area contributed by atoms with E-state index in [4.69, 9.17) is 10.00 Å². The van der Waals surface area contributed by atoms with Crippen LogP contribution < -0.4 is 4.90 Å². The number of nitriles is 1. The topological polar surface area (TPSA) is 99.1 Å². The molecule has 26 heavy (non-hydrogen) atoms. The minimum atomic E-state index is -0.810. The molecule has 0 saturated carbocycles. The van der Waals surface area contributed by atoms with Gasteiger partial charge in [-0.1, -0.05) is 6.07 Å². The highest BCUT2D eigenvalue weighted by atomic mass is 16.5. The number of nitrogens with one attached hydrogen (secondary N) is 1. The molecule has 0 unspecified atom stereocenters. The molecule has 1 aliphatic rings. The molecule has 7 nitrogen and oxygen atoms in total. The van der Waals surface area contributed by atoms with Crippen LogP contribution in [0, 0.1) is 11.3 Å². The fourth-order valence-corrected chi connectivity index (χ4v) is 3.00. The van der Waals surface area contributed by atoms with E-state index in [9.17, 15) is 9.59 Å². The van der Waals surface area contributed by atoms with Gasteiger partial charge in [-0.25, -0.2) is 4.79 Å². The van der Waals surface area contributed by atoms with E-state index in [0.29, 0.717) is 29.8 Å². The second kappa shape index (κ2) is 6.33. The van der Waals surface area contributed by atoms with Crippen LogP contribution in [0.1, 0.15) is 22.3 Å². The van der Waals surface area contributed by atoms with Gasteiger partial charge in [-0.2, -0.15) is 10.4 Å². The van der Waals surface area contributed by atoms with Gasteiger partial charge in [0.2, 0.25) is 0 Å². The molecule has 1 fully saturated rings. The van der Waals surface area contributed by atoms with Gasteiger partial charge in [0.05, 0.1) is 28.9 Å². The monoisotopic (exact) mass is 346 g/mol. The van der Waals surface area contributed by atoms with E-state index in [0.717, 1.165) is 10.9 Å². The molecular weight excluding hydrogens is 332 g/mol. The zero-order chi connectivity index (χ0) is 18.1. The number of fused-ring (bicyclic) bond motifs is 1. The number of rotatable bonds is 3. The maximum absolute atomic E-state index is 12.6. The maximum Gasteiger partial charge on any atom is 0.338 e.